The van der Waals surface area contributed by atoms with Gasteiger partial charge in [0.15, 0.2) is 18.0 Å². The average Bonchev–Trinajstić information content (AvgIpc) is 2.33. The normalized spacial score (nSPS) is 13.9. The van der Waals surface area contributed by atoms with Crippen LogP contribution in [-0.4, -0.2) is 40.8 Å². The number of Topliss-reactive ketones (excluding diaryl/α,β-unsaturated/α-hetero) is 1. The minimum atomic E-state index is -1.84. The highest BCUT2D eigenvalue weighted by Gasteiger charge is 2.32. The summed E-state index contributed by atoms with van der Waals surface area (Å²) in [6, 6.07) is 0. The molecule has 0 aromatic heterocycles. The molecule has 0 aliphatic rings. The molecular formula is C12H20O5. The molecule has 0 rings (SSSR count). The number of ether oxygens (including phenoxy) is 1. The van der Waals surface area contributed by atoms with Crippen molar-refractivity contribution >= 4 is 11.8 Å². The summed E-state index contributed by atoms with van der Waals surface area (Å²) in [5.41, 5.74) is 0.197. The molecule has 2 N–H and O–H groups in total. The van der Waals surface area contributed by atoms with Crippen molar-refractivity contribution in [2.75, 3.05) is 6.61 Å². The number of aliphatic hydroxyl groups is 2. The van der Waals surface area contributed by atoms with Gasteiger partial charge in [-0.2, -0.15) is 0 Å². The van der Waals surface area contributed by atoms with Crippen LogP contribution in [0.3, 0.4) is 0 Å². The second-order valence-corrected chi connectivity index (χ2v) is 3.77. The van der Waals surface area contributed by atoms with Gasteiger partial charge < -0.3 is 14.9 Å². The van der Waals surface area contributed by atoms with Crippen molar-refractivity contribution in [2.45, 2.75) is 45.3 Å². The van der Waals surface area contributed by atoms with Gasteiger partial charge in [0.05, 0.1) is 6.61 Å². The van der Waals surface area contributed by atoms with Crippen LogP contribution in [0.15, 0.2) is 12.2 Å². The van der Waals surface area contributed by atoms with E-state index in [1.54, 1.807) is 6.92 Å². The van der Waals surface area contributed by atoms with Gasteiger partial charge in [-0.25, -0.2) is 4.79 Å². The summed E-state index contributed by atoms with van der Waals surface area (Å²) in [6.07, 6.45) is -1.91. The van der Waals surface area contributed by atoms with E-state index in [0.29, 0.717) is 19.3 Å². The topological polar surface area (TPSA) is 83.8 Å². The Bertz CT molecular complexity index is 285. The Kier molecular flexibility index (Phi) is 7.41. The zero-order valence-electron chi connectivity index (χ0n) is 10.3. The molecule has 0 saturated carbocycles. The summed E-state index contributed by atoms with van der Waals surface area (Å²) in [5.74, 6) is -1.70. The van der Waals surface area contributed by atoms with Crippen LogP contribution in [0, 0.1) is 0 Å². The van der Waals surface area contributed by atoms with E-state index in [2.05, 4.69) is 11.3 Å². The van der Waals surface area contributed by atoms with Gasteiger partial charge in [0.2, 0.25) is 0 Å². The summed E-state index contributed by atoms with van der Waals surface area (Å²) in [7, 11) is 0. The number of esters is 1. The predicted molar refractivity (Wildman–Crippen MR) is 62.3 cm³/mol. The highest BCUT2D eigenvalue weighted by Crippen LogP contribution is 2.09. The van der Waals surface area contributed by atoms with E-state index in [1.807, 2.05) is 6.92 Å². The Morgan fingerprint density at radius 1 is 1.18 bits per heavy atom. The van der Waals surface area contributed by atoms with Crippen LogP contribution in [0.1, 0.15) is 33.1 Å². The summed E-state index contributed by atoms with van der Waals surface area (Å²) in [6.45, 7) is 7.30. The van der Waals surface area contributed by atoms with E-state index in [0.717, 1.165) is 0 Å². The lowest BCUT2D eigenvalue weighted by Crippen LogP contribution is -2.41. The number of carbonyl (C=O) groups excluding carboxylic acids is 2. The monoisotopic (exact) mass is 244 g/mol. The molecule has 0 saturated heterocycles. The van der Waals surface area contributed by atoms with Gasteiger partial charge in [0.1, 0.15) is 0 Å². The van der Waals surface area contributed by atoms with Gasteiger partial charge >= 0.3 is 5.97 Å². The molecule has 0 fully saturated rings. The number of carbonyl (C=O) groups is 2. The largest absolute Gasteiger partial charge is 0.464 e. The SMILES string of the molecule is C=C(CCC)C(=O)C(O)C(O)C(=O)OCCC. The van der Waals surface area contributed by atoms with Crippen LogP contribution in [0.25, 0.3) is 0 Å². The predicted octanol–water partition coefficient (Wildman–Crippen LogP) is 0.587. The first kappa shape index (κ1) is 15.8. The fourth-order valence-electron chi connectivity index (χ4n) is 1.19. The molecule has 2 atom stereocenters. The van der Waals surface area contributed by atoms with Crippen LogP contribution in [0.4, 0.5) is 0 Å². The molecule has 0 aliphatic carbocycles. The molecule has 5 heteroatoms. The van der Waals surface area contributed by atoms with Crippen molar-refractivity contribution in [3.63, 3.8) is 0 Å². The maximum Gasteiger partial charge on any atom is 0.338 e. The number of aliphatic hydroxyl groups excluding tert-OH is 2. The first-order valence-corrected chi connectivity index (χ1v) is 5.70. The Balaban J connectivity index is 4.37. The summed E-state index contributed by atoms with van der Waals surface area (Å²) in [4.78, 5) is 22.7. The van der Waals surface area contributed by atoms with Gasteiger partial charge in [-0.05, 0) is 18.4 Å². The van der Waals surface area contributed by atoms with Crippen molar-refractivity contribution in [1.82, 2.24) is 0 Å². The van der Waals surface area contributed by atoms with Gasteiger partial charge in [0, 0.05) is 0 Å². The third-order valence-electron chi connectivity index (χ3n) is 2.16. The molecule has 5 nitrogen and oxygen atoms in total. The molecule has 0 radical (unpaired) electrons. The second kappa shape index (κ2) is 7.97. The van der Waals surface area contributed by atoms with E-state index >= 15 is 0 Å². The van der Waals surface area contributed by atoms with E-state index in [9.17, 15) is 19.8 Å². The van der Waals surface area contributed by atoms with Crippen LogP contribution < -0.4 is 0 Å². The summed E-state index contributed by atoms with van der Waals surface area (Å²) >= 11 is 0. The average molecular weight is 244 g/mol. The third kappa shape index (κ3) is 5.10. The first-order chi connectivity index (χ1) is 7.95. The molecule has 98 valence electrons. The van der Waals surface area contributed by atoms with Crippen molar-refractivity contribution < 1.29 is 24.5 Å². The minimum Gasteiger partial charge on any atom is -0.464 e. The summed E-state index contributed by atoms with van der Waals surface area (Å²) < 4.78 is 4.63. The minimum absolute atomic E-state index is 0.146. The van der Waals surface area contributed by atoms with Crippen LogP contribution in [0.5, 0.6) is 0 Å². The van der Waals surface area contributed by atoms with E-state index < -0.39 is 24.0 Å². The van der Waals surface area contributed by atoms with Gasteiger partial charge in [-0.1, -0.05) is 26.8 Å². The Morgan fingerprint density at radius 3 is 2.24 bits per heavy atom. The molecule has 17 heavy (non-hydrogen) atoms. The van der Waals surface area contributed by atoms with Crippen LogP contribution in [0.2, 0.25) is 0 Å². The molecule has 0 aromatic carbocycles. The fraction of sp³-hybridized carbons (Fsp3) is 0.667. The maximum absolute atomic E-state index is 11.5. The van der Waals surface area contributed by atoms with Crippen LogP contribution >= 0.6 is 0 Å². The fourth-order valence-corrected chi connectivity index (χ4v) is 1.19. The van der Waals surface area contributed by atoms with E-state index in [-0.39, 0.29) is 12.2 Å². The van der Waals surface area contributed by atoms with Gasteiger partial charge in [0.25, 0.3) is 0 Å². The zero-order chi connectivity index (χ0) is 13.4. The molecule has 0 bridgehead atoms. The summed E-state index contributed by atoms with van der Waals surface area (Å²) in [5, 5.41) is 18.9. The lowest BCUT2D eigenvalue weighted by atomic mass is 10.0. The molecule has 0 amide bonds. The maximum atomic E-state index is 11.5. The van der Waals surface area contributed by atoms with E-state index in [4.69, 9.17) is 0 Å². The van der Waals surface area contributed by atoms with Gasteiger partial charge in [-0.3, -0.25) is 4.79 Å². The Labute approximate surface area is 101 Å². The van der Waals surface area contributed by atoms with Crippen molar-refractivity contribution in [1.29, 1.82) is 0 Å². The first-order valence-electron chi connectivity index (χ1n) is 5.70. The van der Waals surface area contributed by atoms with Crippen molar-refractivity contribution in [3.8, 4) is 0 Å². The second-order valence-electron chi connectivity index (χ2n) is 3.77. The standard InChI is InChI=1S/C12H20O5/c1-4-6-8(3)9(13)10(14)11(15)12(16)17-7-5-2/h10-11,14-15H,3-7H2,1-2H3. The lowest BCUT2D eigenvalue weighted by Gasteiger charge is -2.16. The quantitative estimate of drug-likeness (QED) is 0.482. The number of rotatable bonds is 8. The Morgan fingerprint density at radius 2 is 1.76 bits per heavy atom. The third-order valence-corrected chi connectivity index (χ3v) is 2.16. The molecule has 0 heterocycles. The highest BCUT2D eigenvalue weighted by atomic mass is 16.5. The van der Waals surface area contributed by atoms with E-state index in [1.165, 1.54) is 0 Å². The van der Waals surface area contributed by atoms with Crippen molar-refractivity contribution in [3.05, 3.63) is 12.2 Å². The zero-order valence-corrected chi connectivity index (χ0v) is 10.3. The molecule has 0 aliphatic heterocycles. The highest BCUT2D eigenvalue weighted by molar-refractivity contribution is 6.01. The molecular weight excluding hydrogens is 224 g/mol. The molecule has 0 spiro atoms. The lowest BCUT2D eigenvalue weighted by molar-refractivity contribution is -0.162. The smallest absolute Gasteiger partial charge is 0.338 e. The molecule has 2 unspecified atom stereocenters. The van der Waals surface area contributed by atoms with Crippen molar-refractivity contribution in [2.24, 2.45) is 0 Å². The van der Waals surface area contributed by atoms with Gasteiger partial charge in [-0.15, -0.1) is 0 Å². The molecule has 0 aromatic rings. The van der Waals surface area contributed by atoms with Crippen LogP contribution in [-0.2, 0) is 14.3 Å². The number of hydrogen-bond donors (Lipinski definition) is 2. The number of ketones is 1. The number of hydrogen-bond acceptors (Lipinski definition) is 5. The Hall–Kier alpha value is -1.20.